The lowest BCUT2D eigenvalue weighted by Crippen LogP contribution is -2.10. The molecular weight excluding hydrogens is 282 g/mol. The minimum Gasteiger partial charge on any atom is -0.382 e. The fourth-order valence-electron chi connectivity index (χ4n) is 2.24. The molecule has 1 aromatic carbocycles. The number of nitrogen functional groups attached to an aromatic ring is 1. The zero-order valence-electron chi connectivity index (χ0n) is 11.8. The van der Waals surface area contributed by atoms with E-state index in [0.29, 0.717) is 18.9 Å². The second-order valence-electron chi connectivity index (χ2n) is 4.77. The topological polar surface area (TPSA) is 82.8 Å². The van der Waals surface area contributed by atoms with Gasteiger partial charge in [-0.05, 0) is 24.6 Å². The Kier molecular flexibility index (Phi) is 3.81. The smallest absolute Gasteiger partial charge is 0.174 e. The van der Waals surface area contributed by atoms with E-state index in [2.05, 4.69) is 33.6 Å². The van der Waals surface area contributed by atoms with E-state index >= 15 is 0 Å². The van der Waals surface area contributed by atoms with Crippen molar-refractivity contribution in [2.75, 3.05) is 12.3 Å². The van der Waals surface area contributed by atoms with Gasteiger partial charge < -0.3 is 16.0 Å². The van der Waals surface area contributed by atoms with Crippen LogP contribution in [0.3, 0.4) is 0 Å². The minimum absolute atomic E-state index is 0.454. The predicted molar refractivity (Wildman–Crippen MR) is 86.3 cm³/mol. The molecule has 0 aliphatic carbocycles. The number of pyridine rings is 1. The number of anilines is 1. The number of rotatable bonds is 4. The third kappa shape index (κ3) is 2.59. The van der Waals surface area contributed by atoms with Crippen LogP contribution in [0.4, 0.5) is 5.82 Å². The first kappa shape index (κ1) is 13.9. The first-order chi connectivity index (χ1) is 10.2. The zero-order valence-corrected chi connectivity index (χ0v) is 12.6. The number of benzene rings is 1. The van der Waals surface area contributed by atoms with Crippen LogP contribution in [-0.4, -0.2) is 21.1 Å². The summed E-state index contributed by atoms with van der Waals surface area (Å²) in [5.41, 5.74) is 14.6. The lowest BCUT2D eigenvalue weighted by atomic mass is 10.2. The molecule has 0 saturated carbocycles. The van der Waals surface area contributed by atoms with E-state index in [4.69, 9.17) is 11.5 Å². The molecule has 3 aromatic rings. The van der Waals surface area contributed by atoms with Gasteiger partial charge in [-0.3, -0.25) is 0 Å². The third-order valence-corrected chi connectivity index (χ3v) is 4.48. The normalized spacial score (nSPS) is 11.1. The molecule has 4 N–H and O–H groups in total. The Balaban J connectivity index is 2.11. The molecule has 0 radical (unpaired) electrons. The van der Waals surface area contributed by atoms with Crippen LogP contribution in [0.25, 0.3) is 11.0 Å². The monoisotopic (exact) mass is 299 g/mol. The molecule has 5 nitrogen and oxygen atoms in total. The Labute approximate surface area is 127 Å². The second-order valence-corrected chi connectivity index (χ2v) is 5.78. The van der Waals surface area contributed by atoms with Crippen molar-refractivity contribution >= 4 is 28.6 Å². The van der Waals surface area contributed by atoms with Crippen molar-refractivity contribution in [2.24, 2.45) is 5.73 Å². The molecule has 108 valence electrons. The van der Waals surface area contributed by atoms with Crippen molar-refractivity contribution in [2.45, 2.75) is 23.5 Å². The molecule has 0 unspecified atom stereocenters. The maximum absolute atomic E-state index is 5.93. The number of aryl methyl sites for hydroxylation is 1. The van der Waals surface area contributed by atoms with Gasteiger partial charge in [-0.15, -0.1) is 0 Å². The molecule has 0 spiro atoms. The standard InChI is InChI=1S/C15H17N5S/c1-10-4-2-3-5-12(10)21-15-19-13-11(20(15)9-7-16)6-8-18-14(13)17/h2-6,8H,7,9,16H2,1H3,(H2,17,18). The van der Waals surface area contributed by atoms with E-state index in [1.807, 2.05) is 18.2 Å². The number of fused-ring (bicyclic) bond motifs is 1. The van der Waals surface area contributed by atoms with Crippen LogP contribution in [0.15, 0.2) is 46.6 Å². The highest BCUT2D eigenvalue weighted by atomic mass is 32.2. The lowest BCUT2D eigenvalue weighted by Gasteiger charge is -2.08. The third-order valence-electron chi connectivity index (χ3n) is 3.31. The van der Waals surface area contributed by atoms with Crippen LogP contribution in [0.5, 0.6) is 0 Å². The Morgan fingerprint density at radius 2 is 2.05 bits per heavy atom. The molecule has 2 heterocycles. The minimum atomic E-state index is 0.454. The Hall–Kier alpha value is -2.05. The van der Waals surface area contributed by atoms with E-state index in [1.54, 1.807) is 18.0 Å². The molecule has 0 bridgehead atoms. The van der Waals surface area contributed by atoms with Crippen molar-refractivity contribution in [3.05, 3.63) is 42.1 Å². The molecular formula is C15H17N5S. The molecule has 3 rings (SSSR count). The molecule has 0 atom stereocenters. The van der Waals surface area contributed by atoms with Gasteiger partial charge in [-0.1, -0.05) is 30.0 Å². The van der Waals surface area contributed by atoms with Gasteiger partial charge in [-0.25, -0.2) is 9.97 Å². The van der Waals surface area contributed by atoms with Gasteiger partial charge in [0.2, 0.25) is 0 Å². The first-order valence-corrected chi connectivity index (χ1v) is 7.56. The summed E-state index contributed by atoms with van der Waals surface area (Å²) < 4.78 is 2.10. The SMILES string of the molecule is Cc1ccccc1Sc1nc2c(N)nccc2n1CCN. The average Bonchev–Trinajstić information content (AvgIpc) is 2.82. The summed E-state index contributed by atoms with van der Waals surface area (Å²) in [4.78, 5) is 9.94. The number of hydrogen-bond acceptors (Lipinski definition) is 5. The summed E-state index contributed by atoms with van der Waals surface area (Å²) in [5, 5.41) is 0.893. The Bertz CT molecular complexity index is 781. The predicted octanol–water partition coefficient (Wildman–Crippen LogP) is 2.43. The maximum atomic E-state index is 5.93. The van der Waals surface area contributed by atoms with E-state index in [1.165, 1.54) is 10.5 Å². The quantitative estimate of drug-likeness (QED) is 0.773. The fraction of sp³-hybridized carbons (Fsp3) is 0.200. The number of hydrogen-bond donors (Lipinski definition) is 2. The van der Waals surface area contributed by atoms with Gasteiger partial charge >= 0.3 is 0 Å². The number of imidazole rings is 1. The van der Waals surface area contributed by atoms with Gasteiger partial charge in [0.05, 0.1) is 5.52 Å². The largest absolute Gasteiger partial charge is 0.382 e. The molecule has 6 heteroatoms. The van der Waals surface area contributed by atoms with Crippen molar-refractivity contribution < 1.29 is 0 Å². The van der Waals surface area contributed by atoms with Crippen LogP contribution in [0.2, 0.25) is 0 Å². The molecule has 2 aromatic heterocycles. The molecule has 0 aliphatic rings. The lowest BCUT2D eigenvalue weighted by molar-refractivity contribution is 0.662. The second kappa shape index (κ2) is 5.75. The van der Waals surface area contributed by atoms with Crippen LogP contribution < -0.4 is 11.5 Å². The molecule has 0 saturated heterocycles. The Morgan fingerprint density at radius 1 is 1.24 bits per heavy atom. The number of nitrogens with two attached hydrogens (primary N) is 2. The summed E-state index contributed by atoms with van der Waals surface area (Å²) in [6.07, 6.45) is 1.70. The summed E-state index contributed by atoms with van der Waals surface area (Å²) in [5.74, 6) is 0.454. The highest BCUT2D eigenvalue weighted by molar-refractivity contribution is 7.99. The molecule has 0 amide bonds. The van der Waals surface area contributed by atoms with Gasteiger partial charge in [0.1, 0.15) is 5.52 Å². The highest BCUT2D eigenvalue weighted by Gasteiger charge is 2.14. The molecule has 0 aliphatic heterocycles. The first-order valence-electron chi connectivity index (χ1n) is 6.75. The molecule has 21 heavy (non-hydrogen) atoms. The Morgan fingerprint density at radius 3 is 2.81 bits per heavy atom. The van der Waals surface area contributed by atoms with Gasteiger partial charge in [-0.2, -0.15) is 0 Å². The van der Waals surface area contributed by atoms with Crippen molar-refractivity contribution in [1.82, 2.24) is 14.5 Å². The summed E-state index contributed by atoms with van der Waals surface area (Å²) in [6, 6.07) is 10.2. The highest BCUT2D eigenvalue weighted by Crippen LogP contribution is 2.32. The molecule has 0 fully saturated rings. The van der Waals surface area contributed by atoms with Crippen molar-refractivity contribution in [1.29, 1.82) is 0 Å². The number of aromatic nitrogens is 3. The zero-order chi connectivity index (χ0) is 14.8. The van der Waals surface area contributed by atoms with Crippen LogP contribution in [0.1, 0.15) is 5.56 Å². The number of nitrogens with zero attached hydrogens (tertiary/aromatic N) is 3. The fourth-order valence-corrected chi connectivity index (χ4v) is 3.25. The average molecular weight is 299 g/mol. The van der Waals surface area contributed by atoms with Crippen LogP contribution in [-0.2, 0) is 6.54 Å². The van der Waals surface area contributed by atoms with Crippen molar-refractivity contribution in [3.63, 3.8) is 0 Å². The van der Waals surface area contributed by atoms with Crippen LogP contribution in [0, 0.1) is 6.92 Å². The summed E-state index contributed by atoms with van der Waals surface area (Å²) >= 11 is 1.63. The summed E-state index contributed by atoms with van der Waals surface area (Å²) in [6.45, 7) is 3.34. The van der Waals surface area contributed by atoms with Crippen LogP contribution >= 0.6 is 11.8 Å². The maximum Gasteiger partial charge on any atom is 0.174 e. The van der Waals surface area contributed by atoms with E-state index < -0.39 is 0 Å². The van der Waals surface area contributed by atoms with Gasteiger partial charge in [0.25, 0.3) is 0 Å². The van der Waals surface area contributed by atoms with E-state index in [9.17, 15) is 0 Å². The van der Waals surface area contributed by atoms with Gasteiger partial charge in [0, 0.05) is 24.2 Å². The van der Waals surface area contributed by atoms with Gasteiger partial charge in [0.15, 0.2) is 11.0 Å². The van der Waals surface area contributed by atoms with E-state index in [0.717, 1.165) is 16.2 Å². The van der Waals surface area contributed by atoms with E-state index in [-0.39, 0.29) is 0 Å². The van der Waals surface area contributed by atoms with Crippen molar-refractivity contribution in [3.8, 4) is 0 Å². The summed E-state index contributed by atoms with van der Waals surface area (Å²) in [7, 11) is 0.